The summed E-state index contributed by atoms with van der Waals surface area (Å²) in [6.45, 7) is 3.57. The Bertz CT molecular complexity index is 818. The minimum Gasteiger partial charge on any atom is -0.465 e. The Balaban J connectivity index is 1.66. The van der Waals surface area contributed by atoms with E-state index in [2.05, 4.69) is 38.6 Å². The molecular weight excluding hydrogens is 436 g/mol. The van der Waals surface area contributed by atoms with Crippen molar-refractivity contribution in [1.82, 2.24) is 15.1 Å². The van der Waals surface area contributed by atoms with Crippen molar-refractivity contribution in [3.63, 3.8) is 0 Å². The molecule has 0 bridgehead atoms. The number of nitrogens with zero attached hydrogens (tertiary/aromatic N) is 2. The van der Waals surface area contributed by atoms with Crippen molar-refractivity contribution in [2.24, 2.45) is 5.92 Å². The van der Waals surface area contributed by atoms with Gasteiger partial charge in [-0.2, -0.15) is 5.10 Å². The zero-order chi connectivity index (χ0) is 18.7. The topological polar surface area (TPSA) is 68.2 Å². The lowest BCUT2D eigenvalue weighted by molar-refractivity contribution is 0.0601. The van der Waals surface area contributed by atoms with E-state index < -0.39 is 0 Å². The van der Waals surface area contributed by atoms with Crippen molar-refractivity contribution in [2.45, 2.75) is 32.7 Å². The van der Waals surface area contributed by atoms with Gasteiger partial charge >= 0.3 is 5.97 Å². The molecule has 2 heterocycles. The minimum absolute atomic E-state index is 0.302. The zero-order valence-corrected chi connectivity index (χ0v) is 17.9. The molecule has 9 heteroatoms. The van der Waals surface area contributed by atoms with Crippen molar-refractivity contribution >= 4 is 55.6 Å². The Morgan fingerprint density at radius 1 is 1.58 bits per heavy atom. The molecule has 0 aliphatic heterocycles. The maximum absolute atomic E-state index is 12.3. The van der Waals surface area contributed by atoms with Gasteiger partial charge in [0.1, 0.15) is 5.00 Å². The fraction of sp³-hybridized carbons (Fsp3) is 0.471. The molecule has 0 radical (unpaired) electrons. The SMILES string of the molecule is COC(=O)c1c(NC(=S)NCCn2cc(Br)cn2)sc2c1CC[C@H](C)C2. The van der Waals surface area contributed by atoms with Crippen molar-refractivity contribution < 1.29 is 9.53 Å². The number of ether oxygens (including phenoxy) is 1. The molecular formula is C17H21BrN4O2S2. The summed E-state index contributed by atoms with van der Waals surface area (Å²) < 4.78 is 7.77. The van der Waals surface area contributed by atoms with Gasteiger partial charge in [0.2, 0.25) is 0 Å². The van der Waals surface area contributed by atoms with Gasteiger partial charge in [0.05, 0.1) is 29.9 Å². The fourth-order valence-corrected chi connectivity index (χ4v) is 5.05. The smallest absolute Gasteiger partial charge is 0.341 e. The lowest BCUT2D eigenvalue weighted by atomic mass is 9.88. The summed E-state index contributed by atoms with van der Waals surface area (Å²) in [7, 11) is 1.42. The summed E-state index contributed by atoms with van der Waals surface area (Å²) in [5.74, 6) is 0.335. The molecule has 1 aliphatic rings. The van der Waals surface area contributed by atoms with Crippen LogP contribution < -0.4 is 10.6 Å². The van der Waals surface area contributed by atoms with Crippen LogP contribution in [-0.2, 0) is 24.1 Å². The molecule has 2 aromatic heterocycles. The normalized spacial score (nSPS) is 16.0. The van der Waals surface area contributed by atoms with Crippen molar-refractivity contribution in [3.8, 4) is 0 Å². The van der Waals surface area contributed by atoms with Crippen LogP contribution in [0.4, 0.5) is 5.00 Å². The Labute approximate surface area is 170 Å². The van der Waals surface area contributed by atoms with Gasteiger partial charge in [0.15, 0.2) is 5.11 Å². The van der Waals surface area contributed by atoms with Crippen LogP contribution in [0.5, 0.6) is 0 Å². The number of halogens is 1. The van der Waals surface area contributed by atoms with Crippen LogP contribution in [0, 0.1) is 5.92 Å². The number of hydrogen-bond donors (Lipinski definition) is 2. The van der Waals surface area contributed by atoms with Crippen LogP contribution in [0.1, 0.15) is 34.1 Å². The summed E-state index contributed by atoms with van der Waals surface area (Å²) in [6.07, 6.45) is 6.65. The van der Waals surface area contributed by atoms with Gasteiger partial charge in [-0.15, -0.1) is 11.3 Å². The van der Waals surface area contributed by atoms with Crippen LogP contribution in [0.2, 0.25) is 0 Å². The average Bonchev–Trinajstić information content (AvgIpc) is 3.16. The van der Waals surface area contributed by atoms with Gasteiger partial charge in [0, 0.05) is 17.6 Å². The lowest BCUT2D eigenvalue weighted by Crippen LogP contribution is -2.31. The number of carbonyl (C=O) groups excluding carboxylic acids is 1. The number of nitrogens with one attached hydrogen (secondary N) is 2. The highest BCUT2D eigenvalue weighted by Gasteiger charge is 2.28. The third-order valence-electron chi connectivity index (χ3n) is 4.36. The number of hydrogen-bond acceptors (Lipinski definition) is 5. The number of anilines is 1. The van der Waals surface area contributed by atoms with Gasteiger partial charge in [-0.25, -0.2) is 4.79 Å². The second-order valence-corrected chi connectivity index (χ2v) is 8.78. The first-order chi connectivity index (χ1) is 12.5. The molecule has 2 aromatic rings. The quantitative estimate of drug-likeness (QED) is 0.528. The van der Waals surface area contributed by atoms with Crippen LogP contribution in [0.3, 0.4) is 0 Å². The van der Waals surface area contributed by atoms with E-state index in [-0.39, 0.29) is 5.97 Å². The number of rotatable bonds is 5. The Morgan fingerprint density at radius 2 is 2.38 bits per heavy atom. The van der Waals surface area contributed by atoms with Crippen LogP contribution >= 0.6 is 39.5 Å². The van der Waals surface area contributed by atoms with Gasteiger partial charge in [0.25, 0.3) is 0 Å². The molecule has 26 heavy (non-hydrogen) atoms. The molecule has 3 rings (SSSR count). The van der Waals surface area contributed by atoms with E-state index in [1.54, 1.807) is 17.5 Å². The van der Waals surface area contributed by atoms with E-state index in [0.717, 1.165) is 34.3 Å². The average molecular weight is 457 g/mol. The zero-order valence-electron chi connectivity index (χ0n) is 14.7. The lowest BCUT2D eigenvalue weighted by Gasteiger charge is -2.18. The molecule has 2 N–H and O–H groups in total. The summed E-state index contributed by atoms with van der Waals surface area (Å²) in [5, 5.41) is 11.8. The van der Waals surface area contributed by atoms with Crippen LogP contribution in [0.25, 0.3) is 0 Å². The van der Waals surface area contributed by atoms with E-state index >= 15 is 0 Å². The number of aromatic nitrogens is 2. The molecule has 0 fully saturated rings. The van der Waals surface area contributed by atoms with E-state index in [1.165, 1.54) is 12.0 Å². The van der Waals surface area contributed by atoms with Gasteiger partial charge in [-0.1, -0.05) is 6.92 Å². The molecule has 140 valence electrons. The Kier molecular flexibility index (Phi) is 6.31. The summed E-state index contributed by atoms with van der Waals surface area (Å²) in [6, 6.07) is 0. The second kappa shape index (κ2) is 8.49. The predicted octanol–water partition coefficient (Wildman–Crippen LogP) is 3.61. The molecule has 0 amide bonds. The molecule has 1 aliphatic carbocycles. The largest absolute Gasteiger partial charge is 0.465 e. The number of fused-ring (bicyclic) bond motifs is 1. The summed E-state index contributed by atoms with van der Waals surface area (Å²) in [4.78, 5) is 13.6. The molecule has 0 spiro atoms. The van der Waals surface area contributed by atoms with Crippen molar-refractivity contribution in [3.05, 3.63) is 32.9 Å². The standard InChI is InChI=1S/C17H21BrN4O2S2/c1-10-3-4-12-13(7-10)26-15(14(12)16(23)24-2)21-17(25)19-5-6-22-9-11(18)8-20-22/h8-10H,3-7H2,1-2H3,(H2,19,21,25)/t10-/m0/s1. The predicted molar refractivity (Wildman–Crippen MR) is 111 cm³/mol. The van der Waals surface area contributed by atoms with Crippen molar-refractivity contribution in [2.75, 3.05) is 19.0 Å². The van der Waals surface area contributed by atoms with Gasteiger partial charge < -0.3 is 15.4 Å². The second-order valence-electron chi connectivity index (χ2n) is 6.35. The highest BCUT2D eigenvalue weighted by Crippen LogP contribution is 2.39. The third-order valence-corrected chi connectivity index (χ3v) is 6.18. The van der Waals surface area contributed by atoms with Gasteiger partial charge in [-0.3, -0.25) is 4.68 Å². The molecule has 0 saturated carbocycles. The molecule has 6 nitrogen and oxygen atoms in total. The summed E-state index contributed by atoms with van der Waals surface area (Å²) in [5.41, 5.74) is 1.76. The maximum atomic E-state index is 12.3. The number of carbonyl (C=O) groups is 1. The first-order valence-corrected chi connectivity index (χ1v) is 10.5. The highest BCUT2D eigenvalue weighted by atomic mass is 79.9. The molecule has 1 atom stereocenters. The summed E-state index contributed by atoms with van der Waals surface area (Å²) >= 11 is 10.4. The Hall–Kier alpha value is -1.45. The fourth-order valence-electron chi connectivity index (χ4n) is 3.05. The van der Waals surface area contributed by atoms with Crippen LogP contribution in [0.15, 0.2) is 16.9 Å². The number of esters is 1. The first kappa shape index (κ1) is 19.3. The minimum atomic E-state index is -0.302. The van der Waals surface area contributed by atoms with E-state index in [4.69, 9.17) is 17.0 Å². The number of thiophene rings is 1. The highest BCUT2D eigenvalue weighted by molar-refractivity contribution is 9.10. The van der Waals surface area contributed by atoms with Crippen molar-refractivity contribution in [1.29, 1.82) is 0 Å². The van der Waals surface area contributed by atoms with E-state index in [9.17, 15) is 4.79 Å². The monoisotopic (exact) mass is 456 g/mol. The first-order valence-electron chi connectivity index (χ1n) is 8.43. The molecule has 0 saturated heterocycles. The van der Waals surface area contributed by atoms with E-state index in [1.807, 2.05) is 10.9 Å². The number of methoxy groups -OCH3 is 1. The maximum Gasteiger partial charge on any atom is 0.341 e. The van der Waals surface area contributed by atoms with E-state index in [0.29, 0.717) is 29.7 Å². The molecule has 0 aromatic carbocycles. The molecule has 0 unspecified atom stereocenters. The Morgan fingerprint density at radius 3 is 3.08 bits per heavy atom. The number of thiocarbonyl (C=S) groups is 1. The van der Waals surface area contributed by atoms with Gasteiger partial charge in [-0.05, 0) is 58.9 Å². The third kappa shape index (κ3) is 4.44. The van der Waals surface area contributed by atoms with Crippen LogP contribution in [-0.4, -0.2) is 34.5 Å².